The van der Waals surface area contributed by atoms with Gasteiger partial charge < -0.3 is 20.4 Å². The molecule has 6 nitrogen and oxygen atoms in total. The van der Waals surface area contributed by atoms with Crippen molar-refractivity contribution in [3.63, 3.8) is 0 Å². The molecule has 0 atom stereocenters. The van der Waals surface area contributed by atoms with Crippen LogP contribution in [0.5, 0.6) is 0 Å². The van der Waals surface area contributed by atoms with Crippen LogP contribution in [0.3, 0.4) is 0 Å². The molecule has 1 amide bonds. The Bertz CT molecular complexity index is 1060. The first-order valence-electron chi connectivity index (χ1n) is 10.2. The van der Waals surface area contributed by atoms with Crippen molar-refractivity contribution in [2.75, 3.05) is 18.9 Å². The van der Waals surface area contributed by atoms with E-state index in [-0.39, 0.29) is 41.1 Å². The van der Waals surface area contributed by atoms with Crippen LogP contribution >= 0.6 is 35.6 Å². The fraction of sp³-hybridized carbons (Fsp3) is 0.250. The van der Waals surface area contributed by atoms with Crippen LogP contribution in [-0.4, -0.2) is 25.5 Å². The second kappa shape index (κ2) is 10.9. The molecule has 3 N–H and O–H groups in total. The highest BCUT2D eigenvalue weighted by atomic mass is 127. The minimum Gasteiger partial charge on any atom is -0.459 e. The maximum atomic E-state index is 12.0. The number of anilines is 1. The molecule has 0 radical (unpaired) electrons. The molecule has 3 aromatic rings. The Labute approximate surface area is 209 Å². The summed E-state index contributed by atoms with van der Waals surface area (Å²) in [5, 5.41) is 10.4. The van der Waals surface area contributed by atoms with E-state index in [1.807, 2.05) is 36.4 Å². The van der Waals surface area contributed by atoms with Crippen LogP contribution in [0, 0.1) is 0 Å². The van der Waals surface area contributed by atoms with Gasteiger partial charge in [-0.25, -0.2) is 0 Å². The lowest BCUT2D eigenvalue weighted by molar-refractivity contribution is 0.0996. The summed E-state index contributed by atoms with van der Waals surface area (Å²) in [4.78, 5) is 16.4. The maximum absolute atomic E-state index is 12.0. The van der Waals surface area contributed by atoms with Crippen molar-refractivity contribution < 1.29 is 9.21 Å². The van der Waals surface area contributed by atoms with Crippen LogP contribution < -0.4 is 16.0 Å². The molecule has 32 heavy (non-hydrogen) atoms. The summed E-state index contributed by atoms with van der Waals surface area (Å²) in [5.74, 6) is 0.768. The van der Waals surface area contributed by atoms with E-state index >= 15 is 0 Å². The monoisotopic (exact) mass is 564 g/mol. The SMILES string of the molecule is CN=C(NCc1ccc(NC(=O)c2ccco2)cc1)NCC1(c2cccc(Cl)c2)CC1.I. The molecule has 0 saturated heterocycles. The van der Waals surface area contributed by atoms with E-state index in [1.54, 1.807) is 19.2 Å². The van der Waals surface area contributed by atoms with Gasteiger partial charge in [0.25, 0.3) is 5.91 Å². The van der Waals surface area contributed by atoms with Crippen LogP contribution in [0.1, 0.15) is 34.5 Å². The molecule has 0 spiro atoms. The molecular weight excluding hydrogens is 539 g/mol. The molecule has 1 saturated carbocycles. The van der Waals surface area contributed by atoms with Gasteiger partial charge in [-0.15, -0.1) is 24.0 Å². The normalized spacial score (nSPS) is 14.2. The maximum Gasteiger partial charge on any atom is 0.291 e. The molecule has 8 heteroatoms. The molecule has 1 heterocycles. The van der Waals surface area contributed by atoms with E-state index in [9.17, 15) is 4.79 Å². The fourth-order valence-corrected chi connectivity index (χ4v) is 3.69. The minimum atomic E-state index is -0.269. The quantitative estimate of drug-likeness (QED) is 0.209. The lowest BCUT2D eigenvalue weighted by atomic mass is 9.96. The summed E-state index contributed by atoms with van der Waals surface area (Å²) in [6, 6.07) is 19.1. The number of hydrogen-bond acceptors (Lipinski definition) is 3. The summed E-state index contributed by atoms with van der Waals surface area (Å²) >= 11 is 6.17. The number of carbonyl (C=O) groups is 1. The highest BCUT2D eigenvalue weighted by molar-refractivity contribution is 14.0. The van der Waals surface area contributed by atoms with E-state index in [1.165, 1.54) is 11.8 Å². The third-order valence-electron chi connectivity index (χ3n) is 5.53. The Balaban J connectivity index is 0.00000289. The van der Waals surface area contributed by atoms with Crippen molar-refractivity contribution in [1.82, 2.24) is 10.6 Å². The zero-order chi connectivity index (χ0) is 21.7. The Morgan fingerprint density at radius 1 is 1.09 bits per heavy atom. The smallest absolute Gasteiger partial charge is 0.291 e. The van der Waals surface area contributed by atoms with Crippen molar-refractivity contribution in [2.45, 2.75) is 24.8 Å². The Morgan fingerprint density at radius 2 is 1.88 bits per heavy atom. The Hall–Kier alpha value is -2.52. The number of furan rings is 1. The Kier molecular flexibility index (Phi) is 8.20. The van der Waals surface area contributed by atoms with Gasteiger partial charge >= 0.3 is 0 Å². The number of hydrogen-bond donors (Lipinski definition) is 3. The summed E-state index contributed by atoms with van der Waals surface area (Å²) < 4.78 is 5.11. The molecule has 1 aliphatic carbocycles. The molecule has 4 rings (SSSR count). The molecule has 1 aliphatic rings. The van der Waals surface area contributed by atoms with Gasteiger partial charge in [0, 0.05) is 36.3 Å². The summed E-state index contributed by atoms with van der Waals surface area (Å²) in [6.07, 6.45) is 3.76. The minimum absolute atomic E-state index is 0. The average molecular weight is 565 g/mol. The standard InChI is InChI=1S/C24H25ClN4O2.HI/c1-26-23(28-16-24(11-12-24)18-4-2-5-19(25)14-18)27-15-17-7-9-20(10-8-17)29-22(30)21-6-3-13-31-21;/h2-10,13-14H,11-12,15-16H2,1H3,(H,29,30)(H2,26,27,28);1H. The van der Waals surface area contributed by atoms with Crippen molar-refractivity contribution in [1.29, 1.82) is 0 Å². The van der Waals surface area contributed by atoms with Crippen LogP contribution in [0.15, 0.2) is 76.3 Å². The number of guanidine groups is 1. The zero-order valence-electron chi connectivity index (χ0n) is 17.7. The van der Waals surface area contributed by atoms with Crippen molar-refractivity contribution in [3.05, 3.63) is 88.8 Å². The van der Waals surface area contributed by atoms with E-state index in [0.29, 0.717) is 12.2 Å². The number of halogens is 2. The number of rotatable bonds is 7. The first-order valence-corrected chi connectivity index (χ1v) is 10.6. The predicted octanol–water partition coefficient (Wildman–Crippen LogP) is 5.20. The van der Waals surface area contributed by atoms with Gasteiger partial charge in [0.2, 0.25) is 0 Å². The van der Waals surface area contributed by atoms with Gasteiger partial charge in [0.05, 0.1) is 6.26 Å². The number of aliphatic imine (C=N–C) groups is 1. The van der Waals surface area contributed by atoms with Gasteiger partial charge in [-0.05, 0) is 60.4 Å². The summed E-state index contributed by atoms with van der Waals surface area (Å²) in [7, 11) is 1.77. The molecule has 0 aliphatic heterocycles. The molecule has 1 aromatic heterocycles. The second-order valence-electron chi connectivity index (χ2n) is 7.70. The van der Waals surface area contributed by atoms with Crippen LogP contribution in [0.4, 0.5) is 5.69 Å². The van der Waals surface area contributed by atoms with Gasteiger partial charge in [0.1, 0.15) is 0 Å². The first kappa shape index (κ1) is 24.1. The predicted molar refractivity (Wildman–Crippen MR) is 139 cm³/mol. The third-order valence-corrected chi connectivity index (χ3v) is 5.76. The van der Waals surface area contributed by atoms with E-state index in [4.69, 9.17) is 16.0 Å². The van der Waals surface area contributed by atoms with Gasteiger partial charge in [-0.3, -0.25) is 9.79 Å². The van der Waals surface area contributed by atoms with E-state index in [2.05, 4.69) is 33.1 Å². The van der Waals surface area contributed by atoms with Crippen LogP contribution in [0.2, 0.25) is 5.02 Å². The van der Waals surface area contributed by atoms with Gasteiger partial charge in [-0.1, -0.05) is 35.9 Å². The first-order chi connectivity index (χ1) is 15.1. The van der Waals surface area contributed by atoms with Crippen molar-refractivity contribution in [2.24, 2.45) is 4.99 Å². The molecule has 168 valence electrons. The van der Waals surface area contributed by atoms with Crippen LogP contribution in [0.25, 0.3) is 0 Å². The van der Waals surface area contributed by atoms with E-state index < -0.39 is 0 Å². The highest BCUT2D eigenvalue weighted by Gasteiger charge is 2.44. The largest absolute Gasteiger partial charge is 0.459 e. The van der Waals surface area contributed by atoms with Crippen molar-refractivity contribution in [3.8, 4) is 0 Å². The lowest BCUT2D eigenvalue weighted by Gasteiger charge is -2.19. The number of benzene rings is 2. The topological polar surface area (TPSA) is 78.7 Å². The number of nitrogens with zero attached hydrogens (tertiary/aromatic N) is 1. The van der Waals surface area contributed by atoms with Gasteiger partial charge in [-0.2, -0.15) is 0 Å². The number of nitrogens with one attached hydrogen (secondary N) is 3. The van der Waals surface area contributed by atoms with E-state index in [0.717, 1.165) is 35.9 Å². The number of amides is 1. The third kappa shape index (κ3) is 6.04. The average Bonchev–Trinajstić information content (AvgIpc) is 3.37. The highest BCUT2D eigenvalue weighted by Crippen LogP contribution is 2.48. The lowest BCUT2D eigenvalue weighted by Crippen LogP contribution is -2.40. The Morgan fingerprint density at radius 3 is 2.50 bits per heavy atom. The molecule has 1 fully saturated rings. The number of carbonyl (C=O) groups excluding carboxylic acids is 1. The molecular formula is C24H26ClIN4O2. The summed E-state index contributed by atoms with van der Waals surface area (Å²) in [6.45, 7) is 1.43. The summed E-state index contributed by atoms with van der Waals surface area (Å²) in [5.41, 5.74) is 3.20. The van der Waals surface area contributed by atoms with Crippen LogP contribution in [-0.2, 0) is 12.0 Å². The zero-order valence-corrected chi connectivity index (χ0v) is 20.8. The van der Waals surface area contributed by atoms with Gasteiger partial charge in [0.15, 0.2) is 11.7 Å². The van der Waals surface area contributed by atoms with Crippen molar-refractivity contribution >= 4 is 53.1 Å². The molecule has 0 bridgehead atoms. The molecule has 2 aromatic carbocycles. The fourth-order valence-electron chi connectivity index (χ4n) is 3.50. The second-order valence-corrected chi connectivity index (χ2v) is 8.13. The molecule has 0 unspecified atom stereocenters.